The van der Waals surface area contributed by atoms with Crippen LogP contribution in [0.2, 0.25) is 5.02 Å². The zero-order chi connectivity index (χ0) is 11.6. The van der Waals surface area contributed by atoms with E-state index >= 15 is 0 Å². The number of aliphatic hydroxyl groups excluding tert-OH is 1. The lowest BCUT2D eigenvalue weighted by Gasteiger charge is -2.02. The summed E-state index contributed by atoms with van der Waals surface area (Å²) in [7, 11) is 0. The molecule has 1 nitrogen and oxygen atoms in total. The van der Waals surface area contributed by atoms with Crippen molar-refractivity contribution in [3.05, 3.63) is 34.9 Å². The minimum Gasteiger partial charge on any atom is -0.396 e. The quantitative estimate of drug-likeness (QED) is 0.675. The highest BCUT2D eigenvalue weighted by Gasteiger charge is 1.94. The van der Waals surface area contributed by atoms with Crippen LogP contribution in [0.15, 0.2) is 24.3 Å². The molecule has 1 N–H and O–H groups in total. The van der Waals surface area contributed by atoms with Gasteiger partial charge in [-0.25, -0.2) is 0 Å². The summed E-state index contributed by atoms with van der Waals surface area (Å²) in [5.41, 5.74) is 1.37. The van der Waals surface area contributed by atoms with E-state index in [-0.39, 0.29) is 0 Å². The van der Waals surface area contributed by atoms with Crippen LogP contribution in [0.5, 0.6) is 0 Å². The van der Waals surface area contributed by atoms with Gasteiger partial charge in [0.15, 0.2) is 0 Å². The van der Waals surface area contributed by atoms with Gasteiger partial charge in [-0.1, -0.05) is 49.4 Å². The van der Waals surface area contributed by atoms with Crippen molar-refractivity contribution >= 4 is 11.6 Å². The van der Waals surface area contributed by atoms with Gasteiger partial charge in [0.25, 0.3) is 0 Å². The van der Waals surface area contributed by atoms with Crippen LogP contribution in [0.1, 0.15) is 44.1 Å². The zero-order valence-corrected chi connectivity index (χ0v) is 10.5. The number of unbranched alkanes of at least 4 members (excludes halogenated alkanes) is 5. The maximum absolute atomic E-state index is 8.63. The largest absolute Gasteiger partial charge is 0.396 e. The number of aliphatic hydroxyl groups is 1. The Labute approximate surface area is 103 Å². The van der Waals surface area contributed by atoms with Crippen molar-refractivity contribution in [3.63, 3.8) is 0 Å². The topological polar surface area (TPSA) is 20.2 Å². The Hall–Kier alpha value is -0.530. The molecule has 0 heterocycles. The first-order valence-corrected chi connectivity index (χ1v) is 6.56. The summed E-state index contributed by atoms with van der Waals surface area (Å²) in [6.45, 7) is 0.338. The third-order valence-electron chi connectivity index (χ3n) is 2.79. The molecule has 0 aromatic heterocycles. The molecule has 0 saturated carbocycles. The fourth-order valence-electron chi connectivity index (χ4n) is 1.80. The summed E-state index contributed by atoms with van der Waals surface area (Å²) in [6.07, 6.45) is 8.34. The second-order valence-corrected chi connectivity index (χ2v) is 4.66. The maximum Gasteiger partial charge on any atom is 0.0431 e. The van der Waals surface area contributed by atoms with Gasteiger partial charge in [0.1, 0.15) is 0 Å². The minimum atomic E-state index is 0.338. The number of aryl methyl sites for hydroxylation is 1. The average Bonchev–Trinajstić information content (AvgIpc) is 2.30. The smallest absolute Gasteiger partial charge is 0.0431 e. The highest BCUT2D eigenvalue weighted by atomic mass is 35.5. The SMILES string of the molecule is OCCCCCCCCc1ccc(Cl)cc1. The summed E-state index contributed by atoms with van der Waals surface area (Å²) in [5, 5.41) is 9.44. The second kappa shape index (κ2) is 8.60. The van der Waals surface area contributed by atoms with E-state index in [4.69, 9.17) is 16.7 Å². The molecule has 1 rings (SSSR count). The van der Waals surface area contributed by atoms with Gasteiger partial charge < -0.3 is 5.11 Å². The Balaban J connectivity index is 2.01. The van der Waals surface area contributed by atoms with Crippen LogP contribution in [0, 0.1) is 0 Å². The molecular formula is C14H21ClO. The van der Waals surface area contributed by atoms with Crippen LogP contribution in [-0.4, -0.2) is 11.7 Å². The molecule has 0 spiro atoms. The van der Waals surface area contributed by atoms with E-state index in [0.717, 1.165) is 24.3 Å². The van der Waals surface area contributed by atoms with E-state index in [1.54, 1.807) is 0 Å². The monoisotopic (exact) mass is 240 g/mol. The van der Waals surface area contributed by atoms with Crippen molar-refractivity contribution in [1.29, 1.82) is 0 Å². The van der Waals surface area contributed by atoms with E-state index in [1.165, 1.54) is 31.2 Å². The Bertz CT molecular complexity index is 269. The van der Waals surface area contributed by atoms with Gasteiger partial charge in [-0.05, 0) is 37.0 Å². The number of rotatable bonds is 8. The number of hydrogen-bond acceptors (Lipinski definition) is 1. The van der Waals surface area contributed by atoms with Crippen molar-refractivity contribution in [2.24, 2.45) is 0 Å². The summed E-state index contributed by atoms with van der Waals surface area (Å²) in [5.74, 6) is 0. The van der Waals surface area contributed by atoms with Crippen LogP contribution in [0.4, 0.5) is 0 Å². The highest BCUT2D eigenvalue weighted by Crippen LogP contribution is 2.13. The normalized spacial score (nSPS) is 10.6. The molecule has 0 atom stereocenters. The first-order valence-electron chi connectivity index (χ1n) is 6.18. The van der Waals surface area contributed by atoms with E-state index in [1.807, 2.05) is 12.1 Å². The van der Waals surface area contributed by atoms with Crippen LogP contribution in [0.3, 0.4) is 0 Å². The molecule has 0 aliphatic heterocycles. The van der Waals surface area contributed by atoms with Gasteiger partial charge in [0, 0.05) is 11.6 Å². The van der Waals surface area contributed by atoms with Crippen LogP contribution in [-0.2, 0) is 6.42 Å². The molecule has 0 bridgehead atoms. The van der Waals surface area contributed by atoms with Crippen molar-refractivity contribution < 1.29 is 5.11 Å². The summed E-state index contributed by atoms with van der Waals surface area (Å²) < 4.78 is 0. The van der Waals surface area contributed by atoms with Gasteiger partial charge in [-0.2, -0.15) is 0 Å². The highest BCUT2D eigenvalue weighted by molar-refractivity contribution is 6.30. The van der Waals surface area contributed by atoms with Gasteiger partial charge in [0.05, 0.1) is 0 Å². The minimum absolute atomic E-state index is 0.338. The number of benzene rings is 1. The first-order chi connectivity index (χ1) is 7.83. The Kier molecular flexibility index (Phi) is 7.28. The van der Waals surface area contributed by atoms with Crippen LogP contribution >= 0.6 is 11.6 Å². The summed E-state index contributed by atoms with van der Waals surface area (Å²) in [6, 6.07) is 8.12. The number of halogens is 1. The van der Waals surface area contributed by atoms with Crippen molar-refractivity contribution in [1.82, 2.24) is 0 Å². The van der Waals surface area contributed by atoms with Crippen LogP contribution < -0.4 is 0 Å². The van der Waals surface area contributed by atoms with Crippen molar-refractivity contribution in [2.75, 3.05) is 6.61 Å². The Morgan fingerprint density at radius 3 is 2.00 bits per heavy atom. The lowest BCUT2D eigenvalue weighted by molar-refractivity contribution is 0.282. The zero-order valence-electron chi connectivity index (χ0n) is 9.79. The van der Waals surface area contributed by atoms with Gasteiger partial charge in [0.2, 0.25) is 0 Å². The van der Waals surface area contributed by atoms with Gasteiger partial charge in [-0.3, -0.25) is 0 Å². The molecule has 16 heavy (non-hydrogen) atoms. The first kappa shape index (κ1) is 13.5. The molecule has 0 radical (unpaired) electrons. The molecule has 1 aromatic rings. The predicted octanol–water partition coefficient (Wildman–Crippen LogP) is 4.22. The summed E-state index contributed by atoms with van der Waals surface area (Å²) >= 11 is 5.82. The fourth-order valence-corrected chi connectivity index (χ4v) is 1.93. The molecule has 0 aliphatic carbocycles. The third kappa shape index (κ3) is 6.14. The van der Waals surface area contributed by atoms with Gasteiger partial charge >= 0.3 is 0 Å². The maximum atomic E-state index is 8.63. The van der Waals surface area contributed by atoms with E-state index < -0.39 is 0 Å². The molecule has 2 heteroatoms. The molecule has 0 aliphatic rings. The lowest BCUT2D eigenvalue weighted by Crippen LogP contribution is -1.87. The molecule has 0 saturated heterocycles. The molecule has 0 amide bonds. The third-order valence-corrected chi connectivity index (χ3v) is 3.04. The van der Waals surface area contributed by atoms with E-state index in [2.05, 4.69) is 12.1 Å². The second-order valence-electron chi connectivity index (χ2n) is 4.22. The molecule has 90 valence electrons. The summed E-state index contributed by atoms with van der Waals surface area (Å²) in [4.78, 5) is 0. The van der Waals surface area contributed by atoms with Crippen molar-refractivity contribution in [3.8, 4) is 0 Å². The molecule has 0 unspecified atom stereocenters. The average molecular weight is 241 g/mol. The van der Waals surface area contributed by atoms with Gasteiger partial charge in [-0.15, -0.1) is 0 Å². The molecule has 1 aromatic carbocycles. The molecule has 0 fully saturated rings. The van der Waals surface area contributed by atoms with E-state index in [9.17, 15) is 0 Å². The van der Waals surface area contributed by atoms with E-state index in [0.29, 0.717) is 6.61 Å². The number of hydrogen-bond donors (Lipinski definition) is 1. The van der Waals surface area contributed by atoms with Crippen LogP contribution in [0.25, 0.3) is 0 Å². The predicted molar refractivity (Wildman–Crippen MR) is 69.9 cm³/mol. The Morgan fingerprint density at radius 2 is 1.38 bits per heavy atom. The lowest BCUT2D eigenvalue weighted by atomic mass is 10.1. The fraction of sp³-hybridized carbons (Fsp3) is 0.571. The Morgan fingerprint density at radius 1 is 0.812 bits per heavy atom. The molecular weight excluding hydrogens is 220 g/mol. The van der Waals surface area contributed by atoms with Crippen molar-refractivity contribution in [2.45, 2.75) is 44.9 Å². The standard InChI is InChI=1S/C14H21ClO/c15-14-10-8-13(9-11-14)7-5-3-1-2-4-6-12-16/h8-11,16H,1-7,12H2.